The number of benzene rings is 1. The molecular weight excluding hydrogens is 318 g/mol. The van der Waals surface area contributed by atoms with Gasteiger partial charge in [0.25, 0.3) is 5.91 Å². The van der Waals surface area contributed by atoms with Gasteiger partial charge in [-0.3, -0.25) is 9.69 Å². The first-order valence-electron chi connectivity index (χ1n) is 8.74. The van der Waals surface area contributed by atoms with Crippen molar-refractivity contribution in [2.45, 2.75) is 32.5 Å². The molecule has 6 nitrogen and oxygen atoms in total. The summed E-state index contributed by atoms with van der Waals surface area (Å²) in [5, 5.41) is 0. The van der Waals surface area contributed by atoms with E-state index in [1.54, 1.807) is 6.92 Å². The number of nitrogens with zero attached hydrogens (tertiary/aromatic N) is 3. The molecule has 3 heterocycles. The van der Waals surface area contributed by atoms with Gasteiger partial charge in [0.2, 0.25) is 5.76 Å². The molecule has 2 aliphatic heterocycles. The van der Waals surface area contributed by atoms with Crippen LogP contribution in [0.4, 0.5) is 0 Å². The van der Waals surface area contributed by atoms with E-state index >= 15 is 0 Å². The van der Waals surface area contributed by atoms with Crippen molar-refractivity contribution in [3.63, 3.8) is 0 Å². The predicted octanol–water partition coefficient (Wildman–Crippen LogP) is 2.02. The van der Waals surface area contributed by atoms with E-state index in [1.807, 2.05) is 17.9 Å². The van der Waals surface area contributed by atoms with E-state index in [0.717, 1.165) is 13.1 Å². The quantitative estimate of drug-likeness (QED) is 0.855. The van der Waals surface area contributed by atoms with Gasteiger partial charge in [-0.2, -0.15) is 0 Å². The average Bonchev–Trinajstić information content (AvgIpc) is 3.19. The number of morpholine rings is 1. The zero-order valence-electron chi connectivity index (χ0n) is 14.6. The molecule has 132 valence electrons. The van der Waals surface area contributed by atoms with Crippen molar-refractivity contribution in [3.05, 3.63) is 53.2 Å². The number of carbonyl (C=O) groups excluding carboxylic acids is 1. The molecule has 0 unspecified atom stereocenters. The van der Waals surface area contributed by atoms with E-state index in [-0.39, 0.29) is 18.1 Å². The second-order valence-corrected chi connectivity index (χ2v) is 6.79. The number of carbonyl (C=O) groups is 1. The van der Waals surface area contributed by atoms with Crippen LogP contribution in [0.5, 0.6) is 0 Å². The standard InChI is InChI=1S/C19H23N3O3/c1-13-18(25-14(2)20-13)19(23)22-11-16-17(12-22)24-9-8-21(16)10-15-6-4-3-5-7-15/h3-7,16-17H,8-12H2,1-2H3/t16-,17+/m1/s1. The SMILES string of the molecule is Cc1nc(C)c(C(=O)N2C[C@@H]3OCCN(Cc4ccccc4)[C@@H]3C2)o1. The largest absolute Gasteiger partial charge is 0.436 e. The van der Waals surface area contributed by atoms with Crippen LogP contribution in [0.3, 0.4) is 0 Å². The third-order valence-corrected chi connectivity index (χ3v) is 5.03. The van der Waals surface area contributed by atoms with E-state index in [4.69, 9.17) is 9.15 Å². The monoisotopic (exact) mass is 341 g/mol. The molecular formula is C19H23N3O3. The maximum absolute atomic E-state index is 12.8. The van der Waals surface area contributed by atoms with Crippen molar-refractivity contribution in [1.82, 2.24) is 14.8 Å². The third kappa shape index (κ3) is 3.19. The fourth-order valence-electron chi connectivity index (χ4n) is 3.81. The van der Waals surface area contributed by atoms with Gasteiger partial charge in [-0.05, 0) is 12.5 Å². The third-order valence-electron chi connectivity index (χ3n) is 5.03. The van der Waals surface area contributed by atoms with E-state index in [2.05, 4.69) is 34.1 Å². The van der Waals surface area contributed by atoms with Crippen LogP contribution in [0.15, 0.2) is 34.7 Å². The van der Waals surface area contributed by atoms with Crippen molar-refractivity contribution in [1.29, 1.82) is 0 Å². The number of hydrogen-bond donors (Lipinski definition) is 0. The minimum atomic E-state index is -0.0873. The van der Waals surface area contributed by atoms with E-state index < -0.39 is 0 Å². The first kappa shape index (κ1) is 16.3. The molecule has 0 spiro atoms. The number of fused-ring (bicyclic) bond motifs is 1. The summed E-state index contributed by atoms with van der Waals surface area (Å²) >= 11 is 0. The maximum atomic E-state index is 12.8. The Morgan fingerprint density at radius 2 is 2.04 bits per heavy atom. The van der Waals surface area contributed by atoms with Gasteiger partial charge in [0.15, 0.2) is 5.89 Å². The Labute approximate surface area is 147 Å². The number of ether oxygens (including phenoxy) is 1. The zero-order chi connectivity index (χ0) is 17.4. The van der Waals surface area contributed by atoms with E-state index in [1.165, 1.54) is 5.56 Å². The molecule has 1 amide bonds. The smallest absolute Gasteiger partial charge is 0.291 e. The van der Waals surface area contributed by atoms with Crippen LogP contribution in [0.25, 0.3) is 0 Å². The highest BCUT2D eigenvalue weighted by molar-refractivity contribution is 5.92. The van der Waals surface area contributed by atoms with Gasteiger partial charge in [-0.15, -0.1) is 0 Å². The Balaban J connectivity index is 1.49. The van der Waals surface area contributed by atoms with Gasteiger partial charge in [-0.1, -0.05) is 30.3 Å². The molecule has 4 rings (SSSR count). The summed E-state index contributed by atoms with van der Waals surface area (Å²) in [6.07, 6.45) is 0.0609. The molecule has 2 aliphatic rings. The summed E-state index contributed by atoms with van der Waals surface area (Å²) in [5.74, 6) is 0.793. The molecule has 1 aromatic heterocycles. The van der Waals surface area contributed by atoms with Gasteiger partial charge < -0.3 is 14.1 Å². The minimum absolute atomic E-state index is 0.0609. The first-order valence-corrected chi connectivity index (χ1v) is 8.74. The number of hydrogen-bond acceptors (Lipinski definition) is 5. The van der Waals surface area contributed by atoms with E-state index in [0.29, 0.717) is 37.0 Å². The van der Waals surface area contributed by atoms with Crippen molar-refractivity contribution in [2.75, 3.05) is 26.2 Å². The van der Waals surface area contributed by atoms with Gasteiger partial charge in [0.05, 0.1) is 24.4 Å². The van der Waals surface area contributed by atoms with Crippen molar-refractivity contribution >= 4 is 5.91 Å². The molecule has 0 radical (unpaired) electrons. The van der Waals surface area contributed by atoms with Crippen LogP contribution in [-0.4, -0.2) is 59.1 Å². The summed E-state index contributed by atoms with van der Waals surface area (Å²) in [7, 11) is 0. The van der Waals surface area contributed by atoms with Gasteiger partial charge in [0.1, 0.15) is 0 Å². The molecule has 0 aliphatic carbocycles. The molecule has 2 aromatic rings. The van der Waals surface area contributed by atoms with Gasteiger partial charge >= 0.3 is 0 Å². The lowest BCUT2D eigenvalue weighted by Gasteiger charge is -2.36. The topological polar surface area (TPSA) is 58.8 Å². The molecule has 2 fully saturated rings. The fraction of sp³-hybridized carbons (Fsp3) is 0.474. The Hall–Kier alpha value is -2.18. The zero-order valence-corrected chi connectivity index (χ0v) is 14.6. The maximum Gasteiger partial charge on any atom is 0.291 e. The van der Waals surface area contributed by atoms with Crippen LogP contribution in [0, 0.1) is 13.8 Å². The van der Waals surface area contributed by atoms with Crippen LogP contribution in [0.2, 0.25) is 0 Å². The van der Waals surface area contributed by atoms with Crippen LogP contribution in [-0.2, 0) is 11.3 Å². The van der Waals surface area contributed by atoms with Gasteiger partial charge in [-0.25, -0.2) is 4.98 Å². The number of aryl methyl sites for hydroxylation is 2. The van der Waals surface area contributed by atoms with Crippen molar-refractivity contribution in [2.24, 2.45) is 0 Å². The van der Waals surface area contributed by atoms with Crippen LogP contribution < -0.4 is 0 Å². The molecule has 0 N–H and O–H groups in total. The predicted molar refractivity (Wildman–Crippen MR) is 92.3 cm³/mol. The van der Waals surface area contributed by atoms with E-state index in [9.17, 15) is 4.79 Å². The highest BCUT2D eigenvalue weighted by Gasteiger charge is 2.42. The molecule has 6 heteroatoms. The molecule has 2 atom stereocenters. The van der Waals surface area contributed by atoms with Crippen LogP contribution in [0.1, 0.15) is 27.7 Å². The normalized spacial score (nSPS) is 23.7. The number of aromatic nitrogens is 1. The van der Waals surface area contributed by atoms with Crippen molar-refractivity contribution < 1.29 is 13.9 Å². The highest BCUT2D eigenvalue weighted by atomic mass is 16.5. The minimum Gasteiger partial charge on any atom is -0.436 e. The Morgan fingerprint density at radius 3 is 2.76 bits per heavy atom. The lowest BCUT2D eigenvalue weighted by Crippen LogP contribution is -2.50. The summed E-state index contributed by atoms with van der Waals surface area (Å²) in [4.78, 5) is 21.3. The fourth-order valence-corrected chi connectivity index (χ4v) is 3.81. The summed E-state index contributed by atoms with van der Waals surface area (Å²) in [6.45, 7) is 7.32. The molecule has 0 saturated carbocycles. The van der Waals surface area contributed by atoms with Crippen LogP contribution >= 0.6 is 0 Å². The molecule has 25 heavy (non-hydrogen) atoms. The second kappa shape index (κ2) is 6.61. The second-order valence-electron chi connectivity index (χ2n) is 6.79. The lowest BCUT2D eigenvalue weighted by atomic mass is 10.1. The number of rotatable bonds is 3. The Morgan fingerprint density at radius 1 is 1.24 bits per heavy atom. The number of amides is 1. The molecule has 0 bridgehead atoms. The lowest BCUT2D eigenvalue weighted by molar-refractivity contribution is -0.0503. The highest BCUT2D eigenvalue weighted by Crippen LogP contribution is 2.26. The average molecular weight is 341 g/mol. The molecule has 1 aromatic carbocycles. The molecule has 2 saturated heterocycles. The first-order chi connectivity index (χ1) is 12.1. The van der Waals surface area contributed by atoms with Crippen molar-refractivity contribution in [3.8, 4) is 0 Å². The number of oxazole rings is 1. The number of likely N-dealkylation sites (tertiary alicyclic amines) is 1. The summed E-state index contributed by atoms with van der Waals surface area (Å²) in [6, 6.07) is 10.7. The summed E-state index contributed by atoms with van der Waals surface area (Å²) in [5.41, 5.74) is 1.94. The van der Waals surface area contributed by atoms with Gasteiger partial charge in [0, 0.05) is 33.1 Å². The Bertz CT molecular complexity index is 759. The summed E-state index contributed by atoms with van der Waals surface area (Å²) < 4.78 is 11.4. The Kier molecular flexibility index (Phi) is 4.31.